The molecule has 0 radical (unpaired) electrons. The first-order valence-corrected chi connectivity index (χ1v) is 14.5. The van der Waals surface area contributed by atoms with Gasteiger partial charge in [0.2, 0.25) is 0 Å². The van der Waals surface area contributed by atoms with Crippen LogP contribution in [0.15, 0.2) is 71.3 Å². The first-order valence-electron chi connectivity index (χ1n) is 20.5. The molecule has 3 nitrogen and oxygen atoms in total. The summed E-state index contributed by atoms with van der Waals surface area (Å²) in [4.78, 5) is 9.04. The van der Waals surface area contributed by atoms with Crippen LogP contribution in [0.25, 0.3) is 44.6 Å². The Morgan fingerprint density at radius 2 is 1.54 bits per heavy atom. The zero-order valence-electron chi connectivity index (χ0n) is 34.9. The molecule has 0 spiro atoms. The van der Waals surface area contributed by atoms with Crippen LogP contribution in [0.2, 0.25) is 0 Å². The molecule has 2 saturated carbocycles. The van der Waals surface area contributed by atoms with Gasteiger partial charge in [0.1, 0.15) is 5.52 Å². The summed E-state index contributed by atoms with van der Waals surface area (Å²) in [5.74, 6) is -0.738. The predicted molar refractivity (Wildman–Crippen MR) is 169 cm³/mol. The van der Waals surface area contributed by atoms with E-state index < -0.39 is 32.8 Å². The maximum atomic E-state index is 8.86. The fraction of sp³-hybridized carbons (Fsp3) is 0.368. The van der Waals surface area contributed by atoms with Crippen molar-refractivity contribution < 1.29 is 20.9 Å². The van der Waals surface area contributed by atoms with E-state index in [0.29, 0.717) is 46.7 Å². The average Bonchev–Trinajstić information content (AvgIpc) is 3.88. The number of aromatic nitrogens is 2. The van der Waals surface area contributed by atoms with Crippen molar-refractivity contribution in [2.24, 2.45) is 5.92 Å². The van der Waals surface area contributed by atoms with E-state index in [1.54, 1.807) is 42.5 Å². The van der Waals surface area contributed by atoms with Crippen LogP contribution in [0.3, 0.4) is 0 Å². The minimum atomic E-state index is -2.73. The van der Waals surface area contributed by atoms with Gasteiger partial charge in [-0.1, -0.05) is 81.0 Å². The molecule has 3 heteroatoms. The van der Waals surface area contributed by atoms with Gasteiger partial charge in [-0.15, -0.1) is 0 Å². The molecule has 0 unspecified atom stereocenters. The van der Waals surface area contributed by atoms with E-state index in [1.165, 1.54) is 24.4 Å². The van der Waals surface area contributed by atoms with Gasteiger partial charge in [-0.3, -0.25) is 4.98 Å². The quantitative estimate of drug-likeness (QED) is 0.210. The summed E-state index contributed by atoms with van der Waals surface area (Å²) in [5.41, 5.74) is 2.65. The van der Waals surface area contributed by atoms with E-state index in [9.17, 15) is 0 Å². The zero-order valence-corrected chi connectivity index (χ0v) is 22.9. The highest BCUT2D eigenvalue weighted by Gasteiger charge is 2.22. The lowest BCUT2D eigenvalue weighted by atomic mass is 9.90. The minimum Gasteiger partial charge on any atom is -0.440 e. The van der Waals surface area contributed by atoms with Crippen molar-refractivity contribution in [2.75, 3.05) is 0 Å². The van der Waals surface area contributed by atoms with Crippen LogP contribution in [0.1, 0.15) is 102 Å². The maximum absolute atomic E-state index is 8.86. The van der Waals surface area contributed by atoms with Crippen LogP contribution in [0.4, 0.5) is 0 Å². The Labute approximate surface area is 260 Å². The van der Waals surface area contributed by atoms with Gasteiger partial charge in [-0.05, 0) is 108 Å². The van der Waals surface area contributed by atoms with E-state index in [4.69, 9.17) is 20.9 Å². The molecule has 0 bridgehead atoms. The molecule has 2 heterocycles. The zero-order chi connectivity index (χ0) is 38.1. The molecular formula is C38H40N2O. The minimum absolute atomic E-state index is 0.0919. The highest BCUT2D eigenvalue weighted by atomic mass is 16.3. The summed E-state index contributed by atoms with van der Waals surface area (Å²) in [6.45, 7) is -8.02. The van der Waals surface area contributed by atoms with Crippen LogP contribution in [0.5, 0.6) is 0 Å². The number of hydrogen-bond donors (Lipinski definition) is 0. The SMILES string of the molecule is [2H]C([2H])([2H])c1cc(C([2H])([2H])C2CCCC2)ccc1-c1ccc(-c2cc(-c3ccc4nc(C5([2H])CCCC5)oc4c3)ncc2C([2H])([2H])[2H])c(C([2H])([2H])[2H])c1. The molecule has 0 atom stereocenters. The summed E-state index contributed by atoms with van der Waals surface area (Å²) in [6, 6.07) is 15.8. The van der Waals surface area contributed by atoms with Crippen molar-refractivity contribution in [3.8, 4) is 33.5 Å². The smallest absolute Gasteiger partial charge is 0.198 e. The molecule has 2 aliphatic rings. The monoisotopic (exact) mass is 552 g/mol. The van der Waals surface area contributed by atoms with Gasteiger partial charge in [0.05, 0.1) is 5.69 Å². The molecule has 5 aromatic rings. The van der Waals surface area contributed by atoms with Crippen LogP contribution in [-0.2, 0) is 6.37 Å². The van der Waals surface area contributed by atoms with Crippen molar-refractivity contribution in [2.45, 2.75) is 84.2 Å². The van der Waals surface area contributed by atoms with Crippen LogP contribution < -0.4 is 0 Å². The third kappa shape index (κ3) is 5.23. The molecule has 2 aliphatic carbocycles. The highest BCUT2D eigenvalue weighted by molar-refractivity contribution is 5.82. The summed E-state index contributed by atoms with van der Waals surface area (Å²) < 4.78 is 108. The molecule has 7 rings (SSSR count). The Hall–Kier alpha value is -3.72. The predicted octanol–water partition coefficient (Wildman–Crippen LogP) is 10.5. The summed E-state index contributed by atoms with van der Waals surface area (Å²) in [5, 5.41) is 0. The second-order valence-corrected chi connectivity index (χ2v) is 11.3. The Balaban J connectivity index is 1.34. The van der Waals surface area contributed by atoms with Crippen molar-refractivity contribution in [1.82, 2.24) is 9.97 Å². The van der Waals surface area contributed by atoms with Gasteiger partial charge in [0, 0.05) is 34.1 Å². The van der Waals surface area contributed by atoms with Gasteiger partial charge in [-0.2, -0.15) is 0 Å². The molecule has 2 fully saturated rings. The number of hydrogen-bond acceptors (Lipinski definition) is 3. The van der Waals surface area contributed by atoms with E-state index in [-0.39, 0.29) is 44.9 Å². The normalized spacial score (nSPS) is 22.6. The topological polar surface area (TPSA) is 38.9 Å². The summed E-state index contributed by atoms with van der Waals surface area (Å²) >= 11 is 0. The molecule has 3 aromatic carbocycles. The van der Waals surface area contributed by atoms with Crippen molar-refractivity contribution in [1.29, 1.82) is 0 Å². The van der Waals surface area contributed by atoms with Gasteiger partial charge < -0.3 is 4.42 Å². The first-order chi connectivity index (χ1) is 24.8. The molecule has 208 valence electrons. The number of rotatable bonds is 6. The largest absolute Gasteiger partial charge is 0.440 e. The number of oxazole rings is 1. The van der Waals surface area contributed by atoms with Gasteiger partial charge in [0.25, 0.3) is 0 Å². The Bertz CT molecular complexity index is 2170. The lowest BCUT2D eigenvalue weighted by Gasteiger charge is -2.15. The second kappa shape index (κ2) is 10.9. The third-order valence-corrected chi connectivity index (χ3v) is 8.46. The fourth-order valence-corrected chi connectivity index (χ4v) is 6.23. The molecular weight excluding hydrogens is 500 g/mol. The van der Waals surface area contributed by atoms with Gasteiger partial charge in [-0.25, -0.2) is 4.98 Å². The van der Waals surface area contributed by atoms with Crippen molar-refractivity contribution >= 4 is 11.1 Å². The molecule has 0 aliphatic heterocycles. The maximum Gasteiger partial charge on any atom is 0.198 e. The summed E-state index contributed by atoms with van der Waals surface area (Å²) in [6.07, 6.45) is 5.98. The van der Waals surface area contributed by atoms with Gasteiger partial charge in [0.15, 0.2) is 11.5 Å². The molecule has 0 amide bonds. The number of nitrogens with zero attached hydrogens (tertiary/aromatic N) is 2. The highest BCUT2D eigenvalue weighted by Crippen LogP contribution is 2.37. The van der Waals surface area contributed by atoms with E-state index in [0.717, 1.165) is 38.5 Å². The van der Waals surface area contributed by atoms with Crippen molar-refractivity contribution in [3.63, 3.8) is 0 Å². The number of pyridine rings is 1. The van der Waals surface area contributed by atoms with E-state index >= 15 is 0 Å². The van der Waals surface area contributed by atoms with E-state index in [1.807, 2.05) is 0 Å². The van der Waals surface area contributed by atoms with Crippen LogP contribution in [-0.4, -0.2) is 9.97 Å². The Morgan fingerprint density at radius 3 is 2.37 bits per heavy atom. The van der Waals surface area contributed by atoms with Crippen LogP contribution in [0, 0.1) is 26.5 Å². The first kappa shape index (κ1) is 16.1. The average molecular weight is 553 g/mol. The molecule has 0 N–H and O–H groups in total. The van der Waals surface area contributed by atoms with Crippen molar-refractivity contribution in [3.05, 3.63) is 95.0 Å². The standard InChI is InChI=1S/C38H40N2O/c1-24-18-28(20-27-8-4-5-9-27)12-15-32(24)30-13-16-33(25(2)19-30)34-22-36(39-23-26(34)3)31-14-17-35-37(21-31)41-38(40-35)29-10-6-7-11-29/h12-19,21-23,27,29H,4-11,20H2,1-3H3/i1D3,2D3,3D3,20D2,29D. The van der Waals surface area contributed by atoms with Gasteiger partial charge >= 0.3 is 0 Å². The molecule has 41 heavy (non-hydrogen) atoms. The second-order valence-electron chi connectivity index (χ2n) is 11.3. The number of fused-ring (bicyclic) bond motifs is 1. The number of benzene rings is 3. The summed E-state index contributed by atoms with van der Waals surface area (Å²) in [7, 11) is 0. The van der Waals surface area contributed by atoms with E-state index in [2.05, 4.69) is 9.97 Å². The third-order valence-electron chi connectivity index (χ3n) is 8.46. The number of aryl methyl sites for hydroxylation is 3. The lowest BCUT2D eigenvalue weighted by Crippen LogP contribution is -1.99. The Morgan fingerprint density at radius 1 is 0.780 bits per heavy atom. The Kier molecular flexibility index (Phi) is 4.28. The fourth-order valence-electron chi connectivity index (χ4n) is 6.23. The van der Waals surface area contributed by atoms with Crippen LogP contribution >= 0.6 is 0 Å². The molecule has 2 aromatic heterocycles. The molecule has 0 saturated heterocycles. The lowest BCUT2D eigenvalue weighted by molar-refractivity contribution is 0.474.